The molecule has 2 heteroatoms. The van der Waals surface area contributed by atoms with E-state index < -0.39 is 0 Å². The number of hydrogen-bond acceptors (Lipinski definition) is 2. The second kappa shape index (κ2) is 3.38. The van der Waals surface area contributed by atoms with Gasteiger partial charge >= 0.3 is 0 Å². The summed E-state index contributed by atoms with van der Waals surface area (Å²) in [5.41, 5.74) is 1.35. The molecular formula is C6H10O2. The quantitative estimate of drug-likeness (QED) is 0.419. The lowest BCUT2D eigenvalue weighted by Crippen LogP contribution is -1.92. The van der Waals surface area contributed by atoms with Crippen LogP contribution in [-0.4, -0.2) is 18.0 Å². The molecule has 2 nitrogen and oxygen atoms in total. The minimum Gasteiger partial charge on any atom is -0.392 e. The Kier molecular flexibility index (Phi) is 3.12. The van der Waals surface area contributed by atoms with Crippen LogP contribution >= 0.6 is 0 Å². The van der Waals surface area contributed by atoms with Crippen molar-refractivity contribution in [2.24, 2.45) is 0 Å². The van der Waals surface area contributed by atoms with E-state index in [4.69, 9.17) is 5.11 Å². The molecule has 0 bridgehead atoms. The third kappa shape index (κ3) is 1.89. The third-order valence-electron chi connectivity index (χ3n) is 0.955. The van der Waals surface area contributed by atoms with Crippen LogP contribution in [0.5, 0.6) is 0 Å². The zero-order valence-corrected chi connectivity index (χ0v) is 5.14. The van der Waals surface area contributed by atoms with E-state index in [0.29, 0.717) is 11.9 Å². The lowest BCUT2D eigenvalue weighted by molar-refractivity contribution is -0.105. The van der Waals surface area contributed by atoms with E-state index in [-0.39, 0.29) is 6.61 Å². The molecule has 0 amide bonds. The summed E-state index contributed by atoms with van der Waals surface area (Å²) in [7, 11) is 0. The first-order chi connectivity index (χ1) is 3.72. The average Bonchev–Trinajstić information content (AvgIpc) is 1.69. The van der Waals surface area contributed by atoms with Gasteiger partial charge in [-0.15, -0.1) is 0 Å². The van der Waals surface area contributed by atoms with Crippen molar-refractivity contribution in [1.29, 1.82) is 0 Å². The molecule has 8 heavy (non-hydrogen) atoms. The summed E-state index contributed by atoms with van der Waals surface area (Å²) in [5, 5.41) is 8.41. The predicted molar refractivity (Wildman–Crippen MR) is 31.5 cm³/mol. The fourth-order valence-corrected chi connectivity index (χ4v) is 0.313. The highest BCUT2D eigenvalue weighted by molar-refractivity contribution is 5.74. The number of aliphatic hydroxyl groups excluding tert-OH is 1. The molecule has 0 aromatic rings. The van der Waals surface area contributed by atoms with Crippen LogP contribution in [0.25, 0.3) is 0 Å². The van der Waals surface area contributed by atoms with Crippen molar-refractivity contribution in [3.63, 3.8) is 0 Å². The lowest BCUT2D eigenvalue weighted by atomic mass is 10.2. The average molecular weight is 114 g/mol. The molecule has 0 unspecified atom stereocenters. The Balaban J connectivity index is 4.07. The summed E-state index contributed by atoms with van der Waals surface area (Å²) in [6.45, 7) is 3.44. The zero-order valence-electron chi connectivity index (χ0n) is 5.14. The summed E-state index contributed by atoms with van der Waals surface area (Å²) < 4.78 is 0. The second-order valence-corrected chi connectivity index (χ2v) is 1.80. The Morgan fingerprint density at radius 3 is 2.12 bits per heavy atom. The maximum atomic E-state index is 9.96. The molecule has 0 radical (unpaired) electrons. The number of aliphatic hydroxyl groups is 1. The van der Waals surface area contributed by atoms with Gasteiger partial charge in [0.1, 0.15) is 6.29 Å². The van der Waals surface area contributed by atoms with Gasteiger partial charge in [0.2, 0.25) is 0 Å². The van der Waals surface area contributed by atoms with Crippen LogP contribution in [0, 0.1) is 0 Å². The van der Waals surface area contributed by atoms with E-state index in [1.807, 2.05) is 0 Å². The Morgan fingerprint density at radius 2 is 2.12 bits per heavy atom. The molecule has 0 heterocycles. The van der Waals surface area contributed by atoms with Gasteiger partial charge < -0.3 is 5.11 Å². The summed E-state index contributed by atoms with van der Waals surface area (Å²) >= 11 is 0. The SMILES string of the molecule is CC(C)=C(C=O)CO. The van der Waals surface area contributed by atoms with Crippen LogP contribution in [0.2, 0.25) is 0 Å². The number of allylic oxidation sites excluding steroid dienone is 1. The van der Waals surface area contributed by atoms with E-state index in [1.54, 1.807) is 13.8 Å². The van der Waals surface area contributed by atoms with E-state index in [1.165, 1.54) is 0 Å². The minimum absolute atomic E-state index is 0.147. The van der Waals surface area contributed by atoms with Gasteiger partial charge in [-0.2, -0.15) is 0 Å². The first kappa shape index (κ1) is 7.37. The summed E-state index contributed by atoms with van der Waals surface area (Å²) in [4.78, 5) is 9.96. The second-order valence-electron chi connectivity index (χ2n) is 1.80. The van der Waals surface area contributed by atoms with E-state index in [9.17, 15) is 4.79 Å². The van der Waals surface area contributed by atoms with Crippen LogP contribution in [0.4, 0.5) is 0 Å². The molecule has 0 aromatic carbocycles. The van der Waals surface area contributed by atoms with Crippen molar-refractivity contribution >= 4 is 6.29 Å². The van der Waals surface area contributed by atoms with Crippen molar-refractivity contribution in [1.82, 2.24) is 0 Å². The van der Waals surface area contributed by atoms with Crippen LogP contribution in [0.3, 0.4) is 0 Å². The number of aldehydes is 1. The van der Waals surface area contributed by atoms with E-state index in [2.05, 4.69) is 0 Å². The first-order valence-corrected chi connectivity index (χ1v) is 2.44. The molecule has 46 valence electrons. The number of hydrogen-bond donors (Lipinski definition) is 1. The van der Waals surface area contributed by atoms with E-state index in [0.717, 1.165) is 5.57 Å². The molecule has 0 rings (SSSR count). The van der Waals surface area contributed by atoms with Gasteiger partial charge in [-0.1, -0.05) is 5.57 Å². The maximum absolute atomic E-state index is 9.96. The molecule has 0 spiro atoms. The number of carbonyl (C=O) groups is 1. The van der Waals surface area contributed by atoms with Crippen molar-refractivity contribution < 1.29 is 9.90 Å². The Morgan fingerprint density at radius 1 is 1.62 bits per heavy atom. The van der Waals surface area contributed by atoms with E-state index >= 15 is 0 Å². The fourth-order valence-electron chi connectivity index (χ4n) is 0.313. The monoisotopic (exact) mass is 114 g/mol. The van der Waals surface area contributed by atoms with Gasteiger partial charge in [-0.05, 0) is 13.8 Å². The van der Waals surface area contributed by atoms with Crippen LogP contribution in [0.15, 0.2) is 11.1 Å². The summed E-state index contributed by atoms with van der Waals surface area (Å²) in [6.07, 6.45) is 0.676. The molecule has 0 aliphatic heterocycles. The Labute approximate surface area is 48.8 Å². The van der Waals surface area contributed by atoms with Crippen LogP contribution < -0.4 is 0 Å². The van der Waals surface area contributed by atoms with Gasteiger partial charge in [-0.25, -0.2) is 0 Å². The van der Waals surface area contributed by atoms with Crippen LogP contribution in [0.1, 0.15) is 13.8 Å². The van der Waals surface area contributed by atoms with Gasteiger partial charge in [0, 0.05) is 5.57 Å². The van der Waals surface area contributed by atoms with Gasteiger partial charge in [0.25, 0.3) is 0 Å². The molecule has 0 aliphatic rings. The molecule has 0 aromatic heterocycles. The smallest absolute Gasteiger partial charge is 0.148 e. The minimum atomic E-state index is -0.147. The molecule has 0 aliphatic carbocycles. The van der Waals surface area contributed by atoms with Gasteiger partial charge in [0.05, 0.1) is 6.61 Å². The predicted octanol–water partition coefficient (Wildman–Crippen LogP) is 0.514. The van der Waals surface area contributed by atoms with Crippen molar-refractivity contribution in [3.8, 4) is 0 Å². The van der Waals surface area contributed by atoms with Gasteiger partial charge in [0.15, 0.2) is 0 Å². The first-order valence-electron chi connectivity index (χ1n) is 2.44. The zero-order chi connectivity index (χ0) is 6.57. The number of rotatable bonds is 2. The molecule has 0 saturated carbocycles. The summed E-state index contributed by atoms with van der Waals surface area (Å²) in [5.74, 6) is 0. The van der Waals surface area contributed by atoms with Crippen molar-refractivity contribution in [2.75, 3.05) is 6.61 Å². The largest absolute Gasteiger partial charge is 0.392 e. The standard InChI is InChI=1S/C6H10O2/c1-5(2)6(3-7)4-8/h3,8H,4H2,1-2H3. The fraction of sp³-hybridized carbons (Fsp3) is 0.500. The highest BCUT2D eigenvalue weighted by Crippen LogP contribution is 1.96. The third-order valence-corrected chi connectivity index (χ3v) is 0.955. The molecule has 0 fully saturated rings. The van der Waals surface area contributed by atoms with Crippen molar-refractivity contribution in [2.45, 2.75) is 13.8 Å². The van der Waals surface area contributed by atoms with Crippen LogP contribution in [-0.2, 0) is 4.79 Å². The topological polar surface area (TPSA) is 37.3 Å². The Hall–Kier alpha value is -0.630. The highest BCUT2D eigenvalue weighted by atomic mass is 16.3. The molecule has 1 N–H and O–H groups in total. The molecule has 0 saturated heterocycles. The molecule has 0 atom stereocenters. The maximum Gasteiger partial charge on any atom is 0.148 e. The van der Waals surface area contributed by atoms with Gasteiger partial charge in [-0.3, -0.25) is 4.79 Å². The summed E-state index contributed by atoms with van der Waals surface area (Å²) in [6, 6.07) is 0. The normalized spacial score (nSPS) is 8.38. The highest BCUT2D eigenvalue weighted by Gasteiger charge is 1.91. The Bertz CT molecular complexity index is 110. The lowest BCUT2D eigenvalue weighted by Gasteiger charge is -1.92. The molecular weight excluding hydrogens is 104 g/mol. The number of carbonyl (C=O) groups excluding carboxylic acids is 1. The van der Waals surface area contributed by atoms with Crippen molar-refractivity contribution in [3.05, 3.63) is 11.1 Å².